The Balaban J connectivity index is 1.67. The fraction of sp³-hybridized carbons (Fsp3) is 0.391. The quantitative estimate of drug-likeness (QED) is 0.482. The van der Waals surface area contributed by atoms with Crippen LogP contribution in [0.3, 0.4) is 0 Å². The van der Waals surface area contributed by atoms with Crippen molar-refractivity contribution in [2.45, 2.75) is 48.8 Å². The van der Waals surface area contributed by atoms with E-state index in [0.717, 1.165) is 21.3 Å². The zero-order valence-corrected chi connectivity index (χ0v) is 19.4. The summed E-state index contributed by atoms with van der Waals surface area (Å²) in [4.78, 5) is 17.2. The van der Waals surface area contributed by atoms with E-state index in [1.54, 1.807) is 62.7 Å². The van der Waals surface area contributed by atoms with Crippen LogP contribution < -0.4 is 4.74 Å². The average Bonchev–Trinajstić information content (AvgIpc) is 3.12. The van der Waals surface area contributed by atoms with Crippen LogP contribution in [0.15, 0.2) is 52.4 Å². The molecule has 2 aromatic carbocycles. The first kappa shape index (κ1) is 23.6. The molecule has 3 rings (SSSR count). The van der Waals surface area contributed by atoms with Crippen molar-refractivity contribution in [1.29, 1.82) is 0 Å². The van der Waals surface area contributed by atoms with Crippen LogP contribution in [0.4, 0.5) is 8.78 Å². The minimum atomic E-state index is -2.47. The lowest BCUT2D eigenvalue weighted by molar-refractivity contribution is -0.142. The first-order valence-corrected chi connectivity index (χ1v) is 11.7. The second-order valence-electron chi connectivity index (χ2n) is 7.86. The van der Waals surface area contributed by atoms with Crippen LogP contribution >= 0.6 is 23.5 Å². The minimum Gasteiger partial charge on any atom is -0.496 e. The number of aliphatic imine (C=N–C) groups is 1. The van der Waals surface area contributed by atoms with Gasteiger partial charge in [-0.1, -0.05) is 42.1 Å². The number of carboxylic acid groups (broad SMARTS) is 1. The molecule has 0 spiro atoms. The van der Waals surface area contributed by atoms with Gasteiger partial charge in [-0.15, -0.1) is 11.8 Å². The van der Waals surface area contributed by atoms with Crippen molar-refractivity contribution in [3.05, 3.63) is 59.2 Å². The Morgan fingerprint density at radius 1 is 1.26 bits per heavy atom. The molecule has 31 heavy (non-hydrogen) atoms. The molecule has 0 bridgehead atoms. The third kappa shape index (κ3) is 5.23. The monoisotopic (exact) mass is 465 g/mol. The highest BCUT2D eigenvalue weighted by atomic mass is 32.2. The van der Waals surface area contributed by atoms with Crippen molar-refractivity contribution in [1.82, 2.24) is 0 Å². The normalized spacial score (nSPS) is 18.9. The lowest BCUT2D eigenvalue weighted by Crippen LogP contribution is -2.28. The van der Waals surface area contributed by atoms with Crippen LogP contribution in [-0.4, -0.2) is 40.3 Å². The summed E-state index contributed by atoms with van der Waals surface area (Å²) in [6.07, 6.45) is -2.47. The van der Waals surface area contributed by atoms with Crippen LogP contribution in [0.1, 0.15) is 43.9 Å². The molecule has 8 heteroatoms. The summed E-state index contributed by atoms with van der Waals surface area (Å²) >= 11 is 3.29. The van der Waals surface area contributed by atoms with Crippen LogP contribution in [0.5, 0.6) is 5.75 Å². The van der Waals surface area contributed by atoms with E-state index < -0.39 is 17.8 Å². The van der Waals surface area contributed by atoms with Gasteiger partial charge in [0.15, 0.2) is 0 Å². The van der Waals surface area contributed by atoms with E-state index in [-0.39, 0.29) is 16.9 Å². The molecule has 0 saturated heterocycles. The van der Waals surface area contributed by atoms with Gasteiger partial charge in [0.05, 0.1) is 23.6 Å². The summed E-state index contributed by atoms with van der Waals surface area (Å²) < 4.78 is 31.1. The molecular weight excluding hydrogens is 440 g/mol. The Morgan fingerprint density at radius 3 is 2.52 bits per heavy atom. The van der Waals surface area contributed by atoms with E-state index >= 15 is 0 Å². The first-order valence-electron chi connectivity index (χ1n) is 9.81. The van der Waals surface area contributed by atoms with Gasteiger partial charge < -0.3 is 9.84 Å². The number of hydrogen-bond acceptors (Lipinski definition) is 5. The predicted molar refractivity (Wildman–Crippen MR) is 123 cm³/mol. The third-order valence-electron chi connectivity index (χ3n) is 5.35. The van der Waals surface area contributed by atoms with Crippen molar-refractivity contribution in [2.75, 3.05) is 12.9 Å². The van der Waals surface area contributed by atoms with Crippen molar-refractivity contribution in [2.24, 2.45) is 4.99 Å². The van der Waals surface area contributed by atoms with E-state index in [9.17, 15) is 18.7 Å². The molecule has 2 atom stereocenters. The van der Waals surface area contributed by atoms with Crippen LogP contribution in [0, 0.1) is 0 Å². The fourth-order valence-corrected chi connectivity index (χ4v) is 5.69. The highest BCUT2D eigenvalue weighted by molar-refractivity contribution is 8.16. The number of carbonyl (C=O) groups is 1. The molecule has 2 aromatic rings. The van der Waals surface area contributed by atoms with Gasteiger partial charge in [0.25, 0.3) is 6.43 Å². The molecule has 1 heterocycles. The summed E-state index contributed by atoms with van der Waals surface area (Å²) in [5.41, 5.74) is 0.540. The zero-order valence-electron chi connectivity index (χ0n) is 17.8. The molecule has 1 N–H and O–H groups in total. The lowest BCUT2D eigenvalue weighted by atomic mass is 9.85. The van der Waals surface area contributed by atoms with Gasteiger partial charge in [-0.05, 0) is 38.5 Å². The number of halogens is 2. The molecule has 1 aliphatic heterocycles. The van der Waals surface area contributed by atoms with Crippen molar-refractivity contribution < 1.29 is 23.4 Å². The minimum absolute atomic E-state index is 0.00844. The summed E-state index contributed by atoms with van der Waals surface area (Å²) in [6, 6.07) is 11.9. The number of rotatable bonds is 8. The van der Waals surface area contributed by atoms with Gasteiger partial charge in [-0.25, -0.2) is 8.78 Å². The summed E-state index contributed by atoms with van der Waals surface area (Å²) in [5, 5.41) is 10.6. The van der Waals surface area contributed by atoms with Gasteiger partial charge in [0.2, 0.25) is 0 Å². The highest BCUT2D eigenvalue weighted by Crippen LogP contribution is 2.39. The maximum Gasteiger partial charge on any atom is 0.313 e. The number of thioether (sulfide) groups is 2. The number of alkyl halides is 2. The predicted octanol–water partition coefficient (Wildman–Crippen LogP) is 6.04. The molecule has 4 nitrogen and oxygen atoms in total. The molecule has 0 amide bonds. The topological polar surface area (TPSA) is 58.9 Å². The number of nitrogens with zero attached hydrogens (tertiary/aromatic N) is 1. The van der Waals surface area contributed by atoms with Crippen molar-refractivity contribution >= 4 is 34.5 Å². The van der Waals surface area contributed by atoms with E-state index in [1.807, 2.05) is 12.1 Å². The third-order valence-corrected chi connectivity index (χ3v) is 8.17. The smallest absolute Gasteiger partial charge is 0.313 e. The Morgan fingerprint density at radius 2 is 1.94 bits per heavy atom. The molecule has 0 fully saturated rings. The first-order chi connectivity index (χ1) is 14.6. The van der Waals surface area contributed by atoms with Gasteiger partial charge in [-0.3, -0.25) is 9.79 Å². The number of methoxy groups -OCH3 is 1. The Kier molecular flexibility index (Phi) is 7.31. The number of ether oxygens (including phenoxy) is 1. The maximum atomic E-state index is 12.8. The second kappa shape index (κ2) is 9.61. The van der Waals surface area contributed by atoms with Crippen LogP contribution in [0.25, 0.3) is 0 Å². The van der Waals surface area contributed by atoms with Crippen LogP contribution in [0.2, 0.25) is 0 Å². The molecule has 0 saturated carbocycles. The van der Waals surface area contributed by atoms with Gasteiger partial charge in [-0.2, -0.15) is 0 Å². The highest BCUT2D eigenvalue weighted by Gasteiger charge is 2.31. The fourth-order valence-electron chi connectivity index (χ4n) is 3.10. The van der Waals surface area contributed by atoms with Gasteiger partial charge in [0.1, 0.15) is 5.75 Å². The van der Waals surface area contributed by atoms with Crippen LogP contribution in [-0.2, 0) is 10.2 Å². The largest absolute Gasteiger partial charge is 0.496 e. The SMILES string of the molecule is COc1cc(C(C)(C)C(=O)O)ccc1SCC1SC(c2ccc(C(F)F)cc2)=NC1C. The molecule has 166 valence electrons. The zero-order chi connectivity index (χ0) is 22.8. The molecule has 2 unspecified atom stereocenters. The van der Waals surface area contributed by atoms with Crippen molar-refractivity contribution in [3.8, 4) is 5.75 Å². The second-order valence-corrected chi connectivity index (χ2v) is 10.2. The summed E-state index contributed by atoms with van der Waals surface area (Å²) in [5.74, 6) is 0.542. The maximum absolute atomic E-state index is 12.8. The molecule has 0 aromatic heterocycles. The lowest BCUT2D eigenvalue weighted by Gasteiger charge is -2.21. The van der Waals surface area contributed by atoms with E-state index in [1.165, 1.54) is 12.1 Å². The van der Waals surface area contributed by atoms with Gasteiger partial charge in [0, 0.05) is 27.0 Å². The molecule has 0 radical (unpaired) electrons. The Bertz CT molecular complexity index is 977. The Hall–Kier alpha value is -2.06. The Labute approximate surface area is 189 Å². The summed E-state index contributed by atoms with van der Waals surface area (Å²) in [7, 11) is 1.58. The number of benzene rings is 2. The molecule has 0 aliphatic carbocycles. The molecular formula is C23H25F2NO3S2. The number of aliphatic carboxylic acids is 1. The molecule has 1 aliphatic rings. The summed E-state index contributed by atoms with van der Waals surface area (Å²) in [6.45, 7) is 5.38. The van der Waals surface area contributed by atoms with E-state index in [0.29, 0.717) is 11.3 Å². The van der Waals surface area contributed by atoms with Crippen molar-refractivity contribution in [3.63, 3.8) is 0 Å². The standard InChI is InChI=1S/C23H25F2NO3S2/c1-13-19(31-21(26-13)15-7-5-14(6-8-15)20(24)25)12-30-18-10-9-16(11-17(18)29-4)23(2,3)22(27)28/h5-11,13,19-20H,12H2,1-4H3,(H,27,28). The number of carboxylic acids is 1. The van der Waals surface area contributed by atoms with E-state index in [2.05, 4.69) is 6.92 Å². The van der Waals surface area contributed by atoms with E-state index in [4.69, 9.17) is 9.73 Å². The number of hydrogen-bond donors (Lipinski definition) is 1. The van der Waals surface area contributed by atoms with Gasteiger partial charge >= 0.3 is 5.97 Å². The average molecular weight is 466 g/mol.